The molecule has 0 saturated carbocycles. The van der Waals surface area contributed by atoms with Gasteiger partial charge in [-0.25, -0.2) is 0 Å². The van der Waals surface area contributed by atoms with Gasteiger partial charge in [0.05, 0.1) is 19.6 Å². The number of rotatable bonds is 28. The van der Waals surface area contributed by atoms with E-state index >= 15 is 0 Å². The molecule has 0 aromatic rings. The van der Waals surface area contributed by atoms with Crippen LogP contribution in [0.2, 0.25) is 117 Å². The van der Waals surface area contributed by atoms with E-state index in [-0.39, 0.29) is 107 Å². The Kier molecular flexibility index (Phi) is 34.3. The fraction of sp³-hybridized carbons (Fsp3) is 0.875. The molecule has 3 fully saturated rings. The molecular weight excluding hydrogens is 1340 g/mol. The SMILES string of the molecule is CC(=O)CCOCCC[Si]12O[Si@](C)(O[Si@@](C)(O[Si](C)(C)O[Si](C)(C)O)O1)O[Si@](C)(O[Si@@](C)(O)O[Si](C)(C)O[Si@@]1(C)O[Si](O)(CCCOCCC(=O)O)O[Si@@](C)(O[Si](C)(C)O[Si](C)(C)O)O1)O2.C[C-]=O.O=CO.[O]=[Zn].[O]=[Zn]. The van der Waals surface area contributed by atoms with E-state index in [4.69, 9.17) is 98.1 Å². The van der Waals surface area contributed by atoms with Crippen molar-refractivity contribution in [3.63, 3.8) is 0 Å². The summed E-state index contributed by atoms with van der Waals surface area (Å²) in [7, 11) is -47.8. The van der Waals surface area contributed by atoms with Crippen molar-refractivity contribution in [2.24, 2.45) is 0 Å². The summed E-state index contributed by atoms with van der Waals surface area (Å²) in [6.07, 6.45) is 2.22. The van der Waals surface area contributed by atoms with Crippen molar-refractivity contribution in [2.75, 3.05) is 26.4 Å². The molecule has 0 aromatic carbocycles. The molecule has 76 heavy (non-hydrogen) atoms. The molecule has 440 valence electrons. The third kappa shape index (κ3) is 33.4. The fourth-order valence-electron chi connectivity index (χ4n) is 7.88. The average Bonchev–Trinajstić information content (AvgIpc) is 3.13. The molecule has 0 radical (unpaired) electrons. The van der Waals surface area contributed by atoms with E-state index in [1.807, 2.05) is 0 Å². The Labute approximate surface area is 480 Å². The minimum absolute atomic E-state index is 0.000687. The van der Waals surface area contributed by atoms with Gasteiger partial charge in [0.15, 0.2) is 0 Å². The van der Waals surface area contributed by atoms with Crippen molar-refractivity contribution in [1.29, 1.82) is 0 Å². The van der Waals surface area contributed by atoms with Crippen LogP contribution in [0.5, 0.6) is 0 Å². The number of fused-ring (bicyclic) bond motifs is 2. The van der Waals surface area contributed by atoms with Crippen LogP contribution in [-0.4, -0.2) is 194 Å². The van der Waals surface area contributed by atoms with Gasteiger partial charge in [-0.2, -0.15) is 6.92 Å². The number of Topliss-reactive ketones (excluding diaryl/α,β-unsaturated/α-hetero) is 1. The van der Waals surface area contributed by atoms with Gasteiger partial charge in [-0.3, -0.25) is 20.7 Å². The van der Waals surface area contributed by atoms with Gasteiger partial charge < -0.3 is 105 Å². The molecule has 44 heteroatoms. The van der Waals surface area contributed by atoms with Gasteiger partial charge in [-0.1, -0.05) is 0 Å². The first-order chi connectivity index (χ1) is 34.3. The molecule has 0 amide bonds. The summed E-state index contributed by atoms with van der Waals surface area (Å²) in [6, 6.07) is 0.194. The molecule has 0 aromatic heterocycles. The molecule has 2 bridgehead atoms. The first-order valence-electron chi connectivity index (χ1n) is 23.5. The van der Waals surface area contributed by atoms with Crippen molar-refractivity contribution >= 4 is 138 Å². The Balaban J connectivity index is 0. The Morgan fingerprint density at radius 3 is 1.28 bits per heavy atom. The van der Waals surface area contributed by atoms with E-state index in [9.17, 15) is 28.8 Å². The van der Waals surface area contributed by atoms with Crippen LogP contribution in [0, 0.1) is 0 Å². The number of carbonyl (C=O) groups is 3. The van der Waals surface area contributed by atoms with Crippen molar-refractivity contribution in [2.45, 2.75) is 156 Å². The molecule has 3 saturated heterocycles. The standard InChI is InChI=1S/C29H76O24Si13.C2H3O.CH2O2.2O.2Zn/c1-28(30)20-24-37-23-19-27-66-51-62(15,43-57(8,9)40-55(4,5)34)47-64(17,53-66)48-63(16,52-66)45-59(12,35)41-58(10,11)44-61(14)46-60(13,42-56(6,7)39-54(2,3)33)49-65(36,50-61)26-18-22-38-25-21-29(31)32;1-2-3;2-1-3;;;;/h33-36H,18-27H2,1-17H3,(H,31,32);1H3;1H,(H,2,3);;;;/q;-1;;;;;/t59-,60-,61+,62+,63-,64+,65?,66?;;;;;;/m0....../s1. The van der Waals surface area contributed by atoms with Gasteiger partial charge in [-0.15, -0.1) is 0 Å². The van der Waals surface area contributed by atoms with Gasteiger partial charge in [0.1, 0.15) is 5.78 Å². The van der Waals surface area contributed by atoms with E-state index in [1.165, 1.54) is 26.7 Å². The van der Waals surface area contributed by atoms with Crippen molar-refractivity contribution in [1.82, 2.24) is 0 Å². The summed E-state index contributed by atoms with van der Waals surface area (Å²) in [5.41, 5.74) is 0. The van der Waals surface area contributed by atoms with E-state index in [2.05, 4.69) is 0 Å². The van der Waals surface area contributed by atoms with Crippen LogP contribution in [0.15, 0.2) is 0 Å². The molecule has 3 aliphatic rings. The number of ketones is 1. The summed E-state index contributed by atoms with van der Waals surface area (Å²) >= 11 is 0.250. The van der Waals surface area contributed by atoms with Crippen molar-refractivity contribution < 1.29 is 163 Å². The monoisotopic (exact) mass is 1420 g/mol. The molecular formula is C32H81O29Si13Zn2-. The predicted octanol–water partition coefficient (Wildman–Crippen LogP) is 2.89. The van der Waals surface area contributed by atoms with Crippen LogP contribution in [0.4, 0.5) is 0 Å². The summed E-state index contributed by atoms with van der Waals surface area (Å²) in [6.45, 7) is 29.4. The Hall–Kier alpha value is 1.11. The van der Waals surface area contributed by atoms with Crippen LogP contribution < -0.4 is 0 Å². The average molecular weight is 1430 g/mol. The number of carbonyl (C=O) groups excluding carboxylic acids is 2. The first-order valence-corrected chi connectivity index (χ1v) is 57.4. The van der Waals surface area contributed by atoms with E-state index in [1.54, 1.807) is 98.2 Å². The van der Waals surface area contributed by atoms with Crippen LogP contribution >= 0.6 is 0 Å². The Morgan fingerprint density at radius 2 is 0.908 bits per heavy atom. The number of hydrogen-bond donors (Lipinski definition) is 6. The molecule has 0 aliphatic carbocycles. The maximum absolute atomic E-state index is 12.1. The summed E-state index contributed by atoms with van der Waals surface area (Å²) < 4.78 is 124. The topological polar surface area (TPSA) is 381 Å². The summed E-state index contributed by atoms with van der Waals surface area (Å²) in [5.74, 6) is -1.00. The number of hydrogen-bond acceptors (Lipinski definition) is 27. The zero-order valence-corrected chi connectivity index (χ0v) is 66.1. The normalized spacial score (nSPS) is 29.5. The quantitative estimate of drug-likeness (QED) is 0.0284. The second kappa shape index (κ2) is 33.0. The number of ether oxygens (including phenoxy) is 2. The van der Waals surface area contributed by atoms with Crippen LogP contribution in [-0.2, 0) is 134 Å². The first kappa shape index (κ1) is 79.2. The van der Waals surface area contributed by atoms with E-state index in [0.717, 1.165) is 0 Å². The Morgan fingerprint density at radius 1 is 0.566 bits per heavy atom. The molecule has 3 heterocycles. The molecule has 8 atom stereocenters. The van der Waals surface area contributed by atoms with Gasteiger partial charge in [0.25, 0.3) is 6.47 Å². The molecule has 0 spiro atoms. The summed E-state index contributed by atoms with van der Waals surface area (Å²) in [5, 5.41) is 15.9. The van der Waals surface area contributed by atoms with Gasteiger partial charge in [-0.05, 0) is 85.2 Å². The number of carboxylic acids is 1. The van der Waals surface area contributed by atoms with Crippen molar-refractivity contribution in [3.05, 3.63) is 0 Å². The number of carboxylic acid groups (broad SMARTS) is 2. The molecule has 6 N–H and O–H groups in total. The maximum atomic E-state index is 12.1. The number of aliphatic carboxylic acids is 1. The van der Waals surface area contributed by atoms with Gasteiger partial charge in [0.2, 0.25) is 0 Å². The zero-order chi connectivity index (χ0) is 60.2. The Bertz CT molecular complexity index is 1810. The molecule has 3 rings (SSSR count). The van der Waals surface area contributed by atoms with Gasteiger partial charge in [0, 0.05) is 71.0 Å². The third-order valence-electron chi connectivity index (χ3n) is 8.53. The molecule has 29 nitrogen and oxygen atoms in total. The third-order valence-corrected chi connectivity index (χ3v) is 57.8. The van der Waals surface area contributed by atoms with Gasteiger partial charge >= 0.3 is 163 Å². The van der Waals surface area contributed by atoms with Crippen LogP contribution in [0.3, 0.4) is 0 Å². The zero-order valence-electron chi connectivity index (χ0n) is 47.1. The minimum atomic E-state index is -4.34. The second-order valence-electron chi connectivity index (χ2n) is 19.6. The molecule has 3 aliphatic heterocycles. The fourth-order valence-corrected chi connectivity index (χ4v) is 69.8. The van der Waals surface area contributed by atoms with E-state index in [0.29, 0.717) is 6.42 Å². The predicted molar refractivity (Wildman–Crippen MR) is 283 cm³/mol. The van der Waals surface area contributed by atoms with Crippen LogP contribution in [0.1, 0.15) is 39.5 Å². The van der Waals surface area contributed by atoms with Crippen LogP contribution in [0.25, 0.3) is 0 Å². The molecule has 2 unspecified atom stereocenters. The van der Waals surface area contributed by atoms with E-state index < -0.39 is 119 Å². The van der Waals surface area contributed by atoms with Crippen molar-refractivity contribution in [3.8, 4) is 0 Å². The summed E-state index contributed by atoms with van der Waals surface area (Å²) in [4.78, 5) is 84.8. The second-order valence-corrected chi connectivity index (χ2v) is 60.2.